The highest BCUT2D eigenvalue weighted by Crippen LogP contribution is 2.27. The predicted octanol–water partition coefficient (Wildman–Crippen LogP) is 1.39. The molecule has 1 aromatic carbocycles. The van der Waals surface area contributed by atoms with Gasteiger partial charge in [-0.2, -0.15) is 4.98 Å². The van der Waals surface area contributed by atoms with E-state index in [2.05, 4.69) is 10.1 Å². The molecule has 2 N–H and O–H groups in total. The number of nitrogens with two attached hydrogens (primary N) is 1. The van der Waals surface area contributed by atoms with Crippen LogP contribution in [0.1, 0.15) is 0 Å². The molecule has 6 nitrogen and oxygen atoms in total. The Labute approximate surface area is 99.0 Å². The van der Waals surface area contributed by atoms with E-state index in [0.29, 0.717) is 23.3 Å². The molecule has 0 aliphatic carbocycles. The highest BCUT2D eigenvalue weighted by Gasteiger charge is 2.11. The van der Waals surface area contributed by atoms with E-state index in [1.165, 1.54) is 0 Å². The third-order valence-electron chi connectivity index (χ3n) is 2.29. The minimum atomic E-state index is 0.433. The SMILES string of the molecule is COc1ccc(-c2nc(N(C)C)no2)cc1N. The molecule has 90 valence electrons. The Balaban J connectivity index is 2.36. The highest BCUT2D eigenvalue weighted by atomic mass is 16.5. The van der Waals surface area contributed by atoms with Crippen LogP contribution in [0, 0.1) is 0 Å². The summed E-state index contributed by atoms with van der Waals surface area (Å²) in [7, 11) is 5.26. The van der Waals surface area contributed by atoms with Gasteiger partial charge in [-0.1, -0.05) is 0 Å². The van der Waals surface area contributed by atoms with Crippen molar-refractivity contribution < 1.29 is 9.26 Å². The zero-order chi connectivity index (χ0) is 12.4. The van der Waals surface area contributed by atoms with Crippen LogP contribution >= 0.6 is 0 Å². The standard InChI is InChI=1S/C11H14N4O2/c1-15(2)11-13-10(17-14-11)7-4-5-9(16-3)8(12)6-7/h4-6H,12H2,1-3H3. The van der Waals surface area contributed by atoms with Gasteiger partial charge in [0.1, 0.15) is 5.75 Å². The smallest absolute Gasteiger partial charge is 0.265 e. The number of benzene rings is 1. The summed E-state index contributed by atoms with van der Waals surface area (Å²) in [5, 5.41) is 3.83. The number of aromatic nitrogens is 2. The molecule has 0 amide bonds. The maximum Gasteiger partial charge on any atom is 0.265 e. The van der Waals surface area contributed by atoms with Crippen molar-refractivity contribution in [2.75, 3.05) is 31.8 Å². The van der Waals surface area contributed by atoms with Crippen molar-refractivity contribution in [3.63, 3.8) is 0 Å². The molecule has 0 bridgehead atoms. The maximum absolute atomic E-state index is 5.81. The first-order chi connectivity index (χ1) is 8.11. The topological polar surface area (TPSA) is 77.4 Å². The lowest BCUT2D eigenvalue weighted by atomic mass is 10.2. The largest absolute Gasteiger partial charge is 0.495 e. The number of nitrogens with zero attached hydrogens (tertiary/aromatic N) is 3. The third-order valence-corrected chi connectivity index (χ3v) is 2.29. The van der Waals surface area contributed by atoms with Gasteiger partial charge in [0, 0.05) is 19.7 Å². The van der Waals surface area contributed by atoms with Gasteiger partial charge in [-0.3, -0.25) is 0 Å². The summed E-state index contributed by atoms with van der Waals surface area (Å²) < 4.78 is 10.2. The minimum Gasteiger partial charge on any atom is -0.495 e. The first-order valence-electron chi connectivity index (χ1n) is 5.06. The molecular formula is C11H14N4O2. The Kier molecular flexibility index (Phi) is 2.86. The number of nitrogen functional groups attached to an aromatic ring is 1. The van der Waals surface area contributed by atoms with Crippen LogP contribution in [0.2, 0.25) is 0 Å². The molecule has 0 saturated carbocycles. The van der Waals surface area contributed by atoms with Crippen LogP contribution in [0.5, 0.6) is 5.75 Å². The van der Waals surface area contributed by atoms with Crippen molar-refractivity contribution in [1.29, 1.82) is 0 Å². The molecule has 2 rings (SSSR count). The van der Waals surface area contributed by atoms with Gasteiger partial charge in [0.25, 0.3) is 11.8 Å². The monoisotopic (exact) mass is 234 g/mol. The fraction of sp³-hybridized carbons (Fsp3) is 0.273. The lowest BCUT2D eigenvalue weighted by Crippen LogP contribution is -2.10. The number of methoxy groups -OCH3 is 1. The Hall–Kier alpha value is -2.24. The van der Waals surface area contributed by atoms with Crippen molar-refractivity contribution >= 4 is 11.6 Å². The third kappa shape index (κ3) is 2.15. The summed E-state index contributed by atoms with van der Waals surface area (Å²) in [4.78, 5) is 5.99. The number of rotatable bonds is 3. The van der Waals surface area contributed by atoms with E-state index < -0.39 is 0 Å². The van der Waals surface area contributed by atoms with Crippen molar-refractivity contribution in [2.45, 2.75) is 0 Å². The Morgan fingerprint density at radius 3 is 2.65 bits per heavy atom. The van der Waals surface area contributed by atoms with E-state index >= 15 is 0 Å². The van der Waals surface area contributed by atoms with Crippen LogP contribution in [0.15, 0.2) is 22.7 Å². The van der Waals surface area contributed by atoms with Gasteiger partial charge in [-0.15, -0.1) is 0 Å². The summed E-state index contributed by atoms with van der Waals surface area (Å²) in [6, 6.07) is 5.33. The normalized spacial score (nSPS) is 10.3. The number of anilines is 2. The molecule has 0 aliphatic heterocycles. The summed E-state index contributed by atoms with van der Waals surface area (Å²) in [6.45, 7) is 0. The van der Waals surface area contributed by atoms with Crippen LogP contribution in [-0.2, 0) is 0 Å². The van der Waals surface area contributed by atoms with E-state index in [-0.39, 0.29) is 0 Å². The molecule has 1 aromatic heterocycles. The second-order valence-electron chi connectivity index (χ2n) is 3.75. The molecule has 0 saturated heterocycles. The molecule has 17 heavy (non-hydrogen) atoms. The van der Waals surface area contributed by atoms with Crippen molar-refractivity contribution in [3.8, 4) is 17.2 Å². The number of hydrogen-bond donors (Lipinski definition) is 1. The second kappa shape index (κ2) is 4.32. The van der Waals surface area contributed by atoms with Crippen LogP contribution in [0.4, 0.5) is 11.6 Å². The van der Waals surface area contributed by atoms with Gasteiger partial charge in [-0.25, -0.2) is 0 Å². The van der Waals surface area contributed by atoms with Crippen LogP contribution < -0.4 is 15.4 Å². The summed E-state index contributed by atoms with van der Waals surface area (Å²) >= 11 is 0. The van der Waals surface area contributed by atoms with Crippen molar-refractivity contribution in [1.82, 2.24) is 10.1 Å². The zero-order valence-corrected chi connectivity index (χ0v) is 9.97. The first-order valence-corrected chi connectivity index (χ1v) is 5.06. The first kappa shape index (κ1) is 11.3. The lowest BCUT2D eigenvalue weighted by molar-refractivity contribution is 0.416. The molecular weight excluding hydrogens is 220 g/mol. The van der Waals surface area contributed by atoms with E-state index in [9.17, 15) is 0 Å². The van der Waals surface area contributed by atoms with Gasteiger partial charge < -0.3 is 19.9 Å². The molecule has 0 atom stereocenters. The summed E-state index contributed by atoms with van der Waals surface area (Å²) in [5.41, 5.74) is 7.11. The number of hydrogen-bond acceptors (Lipinski definition) is 6. The van der Waals surface area contributed by atoms with Gasteiger partial charge in [-0.05, 0) is 23.4 Å². The van der Waals surface area contributed by atoms with Crippen molar-refractivity contribution in [2.24, 2.45) is 0 Å². The fourth-order valence-corrected chi connectivity index (χ4v) is 1.38. The molecule has 0 spiro atoms. The highest BCUT2D eigenvalue weighted by molar-refractivity contribution is 5.65. The molecule has 6 heteroatoms. The summed E-state index contributed by atoms with van der Waals surface area (Å²) in [6.07, 6.45) is 0. The zero-order valence-electron chi connectivity index (χ0n) is 9.97. The Morgan fingerprint density at radius 1 is 1.35 bits per heavy atom. The second-order valence-corrected chi connectivity index (χ2v) is 3.75. The van der Waals surface area contributed by atoms with E-state index in [4.69, 9.17) is 15.0 Å². The van der Waals surface area contributed by atoms with Gasteiger partial charge in [0.15, 0.2) is 0 Å². The molecule has 1 heterocycles. The quantitative estimate of drug-likeness (QED) is 0.809. The van der Waals surface area contributed by atoms with Gasteiger partial charge in [0.2, 0.25) is 0 Å². The Morgan fingerprint density at radius 2 is 2.12 bits per heavy atom. The average molecular weight is 234 g/mol. The lowest BCUT2D eigenvalue weighted by Gasteiger charge is -2.04. The van der Waals surface area contributed by atoms with E-state index in [1.54, 1.807) is 24.1 Å². The molecule has 2 aromatic rings. The predicted molar refractivity (Wildman–Crippen MR) is 65.0 cm³/mol. The van der Waals surface area contributed by atoms with Crippen molar-refractivity contribution in [3.05, 3.63) is 18.2 Å². The van der Waals surface area contributed by atoms with E-state index in [1.807, 2.05) is 20.2 Å². The maximum atomic E-state index is 5.81. The van der Waals surface area contributed by atoms with Crippen LogP contribution in [0.3, 0.4) is 0 Å². The Bertz CT molecular complexity index is 522. The van der Waals surface area contributed by atoms with E-state index in [0.717, 1.165) is 5.56 Å². The van der Waals surface area contributed by atoms with Gasteiger partial charge >= 0.3 is 0 Å². The average Bonchev–Trinajstić information content (AvgIpc) is 2.78. The summed E-state index contributed by atoms with van der Waals surface area (Å²) in [5.74, 6) is 1.58. The number of ether oxygens (including phenoxy) is 1. The fourth-order valence-electron chi connectivity index (χ4n) is 1.38. The molecule has 0 fully saturated rings. The molecule has 0 radical (unpaired) electrons. The van der Waals surface area contributed by atoms with Crippen LogP contribution in [0.25, 0.3) is 11.5 Å². The van der Waals surface area contributed by atoms with Gasteiger partial charge in [0.05, 0.1) is 12.8 Å². The molecule has 0 aliphatic rings. The minimum absolute atomic E-state index is 0.433. The van der Waals surface area contributed by atoms with Crippen LogP contribution in [-0.4, -0.2) is 31.3 Å². The molecule has 0 unspecified atom stereocenters.